The second-order valence-corrected chi connectivity index (χ2v) is 5.61. The molecule has 0 spiro atoms. The van der Waals surface area contributed by atoms with Gasteiger partial charge < -0.3 is 4.74 Å². The average molecular weight is 290 g/mol. The van der Waals surface area contributed by atoms with E-state index in [1.54, 1.807) is 0 Å². The summed E-state index contributed by atoms with van der Waals surface area (Å²) < 4.78 is 4.71. The van der Waals surface area contributed by atoms with E-state index in [4.69, 9.17) is 4.74 Å². The van der Waals surface area contributed by atoms with Gasteiger partial charge in [0, 0.05) is 17.8 Å². The van der Waals surface area contributed by atoms with Crippen LogP contribution in [0.2, 0.25) is 0 Å². The number of hydrogen-bond acceptors (Lipinski definition) is 4. The van der Waals surface area contributed by atoms with E-state index in [9.17, 15) is 4.79 Å². The van der Waals surface area contributed by atoms with Gasteiger partial charge in [-0.1, -0.05) is 6.07 Å². The number of carbonyl (C=O) groups excluding carboxylic acids is 1. The molecule has 1 fully saturated rings. The van der Waals surface area contributed by atoms with Crippen molar-refractivity contribution in [1.29, 1.82) is 0 Å². The number of esters is 1. The predicted octanol–water partition coefficient (Wildman–Crippen LogP) is 2.95. The quantitative estimate of drug-likeness (QED) is 0.798. The highest BCUT2D eigenvalue weighted by Gasteiger charge is 2.21. The van der Waals surface area contributed by atoms with E-state index in [1.165, 1.54) is 12.0 Å². The SMILES string of the molecule is COC(=O)CC1CCN(Cc2cccs2)CC1.Cl. The summed E-state index contributed by atoms with van der Waals surface area (Å²) in [5.41, 5.74) is 0. The van der Waals surface area contributed by atoms with Crippen LogP contribution in [0.5, 0.6) is 0 Å². The van der Waals surface area contributed by atoms with Crippen LogP contribution in [0.4, 0.5) is 0 Å². The molecule has 0 atom stereocenters. The molecule has 2 heterocycles. The van der Waals surface area contributed by atoms with Gasteiger partial charge in [-0.3, -0.25) is 9.69 Å². The number of rotatable bonds is 4. The highest BCUT2D eigenvalue weighted by atomic mass is 35.5. The van der Waals surface area contributed by atoms with Gasteiger partial charge in [0.1, 0.15) is 0 Å². The first-order valence-electron chi connectivity index (χ1n) is 6.09. The third-order valence-electron chi connectivity index (χ3n) is 3.35. The van der Waals surface area contributed by atoms with Crippen LogP contribution in [-0.4, -0.2) is 31.1 Å². The van der Waals surface area contributed by atoms with Gasteiger partial charge in [0.15, 0.2) is 0 Å². The van der Waals surface area contributed by atoms with Crippen molar-refractivity contribution in [2.24, 2.45) is 5.92 Å². The number of carbonyl (C=O) groups is 1. The molecular weight excluding hydrogens is 270 g/mol. The number of methoxy groups -OCH3 is 1. The van der Waals surface area contributed by atoms with Crippen LogP contribution in [0.15, 0.2) is 17.5 Å². The first-order valence-corrected chi connectivity index (χ1v) is 6.97. The Morgan fingerprint density at radius 3 is 2.78 bits per heavy atom. The van der Waals surface area contributed by atoms with Gasteiger partial charge in [0.2, 0.25) is 0 Å². The van der Waals surface area contributed by atoms with Crippen LogP contribution in [0.1, 0.15) is 24.1 Å². The maximum absolute atomic E-state index is 11.2. The topological polar surface area (TPSA) is 29.5 Å². The third-order valence-corrected chi connectivity index (χ3v) is 4.21. The minimum absolute atomic E-state index is 0. The van der Waals surface area contributed by atoms with E-state index in [0.717, 1.165) is 32.5 Å². The van der Waals surface area contributed by atoms with E-state index in [1.807, 2.05) is 11.3 Å². The Morgan fingerprint density at radius 1 is 1.50 bits per heavy atom. The highest BCUT2D eigenvalue weighted by Crippen LogP contribution is 2.23. The summed E-state index contributed by atoms with van der Waals surface area (Å²) in [5, 5.41) is 2.12. The van der Waals surface area contributed by atoms with Gasteiger partial charge in [-0.05, 0) is 43.3 Å². The largest absolute Gasteiger partial charge is 0.469 e. The molecule has 0 amide bonds. The summed E-state index contributed by atoms with van der Waals surface area (Å²) in [5.74, 6) is 0.448. The van der Waals surface area contributed by atoms with Crippen LogP contribution in [-0.2, 0) is 16.1 Å². The molecule has 0 saturated carbocycles. The highest BCUT2D eigenvalue weighted by molar-refractivity contribution is 7.09. The standard InChI is InChI=1S/C13H19NO2S.ClH/c1-16-13(15)9-11-4-6-14(7-5-11)10-12-3-2-8-17-12;/h2-3,8,11H,4-7,9-10H2,1H3;1H. The van der Waals surface area contributed by atoms with Crippen molar-refractivity contribution in [3.8, 4) is 0 Å². The molecule has 3 nitrogen and oxygen atoms in total. The van der Waals surface area contributed by atoms with E-state index in [-0.39, 0.29) is 18.4 Å². The van der Waals surface area contributed by atoms with Crippen LogP contribution in [0.3, 0.4) is 0 Å². The van der Waals surface area contributed by atoms with Gasteiger partial charge in [0.05, 0.1) is 7.11 Å². The summed E-state index contributed by atoms with van der Waals surface area (Å²) in [6.07, 6.45) is 2.81. The summed E-state index contributed by atoms with van der Waals surface area (Å²) >= 11 is 1.82. The van der Waals surface area contributed by atoms with E-state index >= 15 is 0 Å². The third kappa shape index (κ3) is 4.59. The van der Waals surface area contributed by atoms with Gasteiger partial charge in [-0.2, -0.15) is 0 Å². The maximum Gasteiger partial charge on any atom is 0.305 e. The molecule has 1 saturated heterocycles. The molecule has 0 aromatic carbocycles. The summed E-state index contributed by atoms with van der Waals surface area (Å²) in [4.78, 5) is 15.1. The number of hydrogen-bond donors (Lipinski definition) is 0. The zero-order chi connectivity index (χ0) is 12.1. The number of halogens is 1. The smallest absolute Gasteiger partial charge is 0.305 e. The van der Waals surface area contributed by atoms with Crippen molar-refractivity contribution in [3.05, 3.63) is 22.4 Å². The molecule has 0 N–H and O–H groups in total. The second-order valence-electron chi connectivity index (χ2n) is 4.58. The average Bonchev–Trinajstić information content (AvgIpc) is 2.84. The molecule has 0 unspecified atom stereocenters. The molecule has 1 aliphatic heterocycles. The van der Waals surface area contributed by atoms with Crippen molar-refractivity contribution in [1.82, 2.24) is 4.90 Å². The minimum atomic E-state index is -0.0679. The number of piperidine rings is 1. The van der Waals surface area contributed by atoms with Crippen molar-refractivity contribution >= 4 is 29.7 Å². The molecule has 1 aliphatic rings. The van der Waals surface area contributed by atoms with Crippen LogP contribution in [0, 0.1) is 5.92 Å². The fourth-order valence-corrected chi connectivity index (χ4v) is 3.04. The lowest BCUT2D eigenvalue weighted by atomic mass is 9.93. The van der Waals surface area contributed by atoms with Gasteiger partial charge >= 0.3 is 5.97 Å². The Kier molecular flexibility index (Phi) is 6.68. The predicted molar refractivity (Wildman–Crippen MR) is 76.2 cm³/mol. The normalized spacial score (nSPS) is 17.2. The lowest BCUT2D eigenvalue weighted by Gasteiger charge is -2.31. The first-order chi connectivity index (χ1) is 8.28. The summed E-state index contributed by atoms with van der Waals surface area (Å²) in [6.45, 7) is 3.25. The van der Waals surface area contributed by atoms with Crippen LogP contribution in [0.25, 0.3) is 0 Å². The number of likely N-dealkylation sites (tertiary alicyclic amines) is 1. The molecule has 5 heteroatoms. The molecule has 1 aromatic heterocycles. The Labute approximate surface area is 119 Å². The van der Waals surface area contributed by atoms with Crippen molar-refractivity contribution < 1.29 is 9.53 Å². The van der Waals surface area contributed by atoms with Gasteiger partial charge in [-0.25, -0.2) is 0 Å². The zero-order valence-electron chi connectivity index (χ0n) is 10.6. The fraction of sp³-hybridized carbons (Fsp3) is 0.615. The Hall–Kier alpha value is -0.580. The van der Waals surface area contributed by atoms with Crippen molar-refractivity contribution in [2.45, 2.75) is 25.8 Å². The monoisotopic (exact) mass is 289 g/mol. The fourth-order valence-electron chi connectivity index (χ4n) is 2.29. The summed E-state index contributed by atoms with van der Waals surface area (Å²) in [7, 11) is 1.47. The zero-order valence-corrected chi connectivity index (χ0v) is 12.3. The Bertz CT molecular complexity index is 348. The minimum Gasteiger partial charge on any atom is -0.469 e. The molecule has 0 bridgehead atoms. The van der Waals surface area contributed by atoms with Crippen molar-refractivity contribution in [2.75, 3.05) is 20.2 Å². The number of ether oxygens (including phenoxy) is 1. The molecule has 102 valence electrons. The lowest BCUT2D eigenvalue weighted by molar-refractivity contribution is -0.142. The van der Waals surface area contributed by atoms with Gasteiger partial charge in [0.25, 0.3) is 0 Å². The molecule has 1 aromatic rings. The Morgan fingerprint density at radius 2 is 2.22 bits per heavy atom. The van der Waals surface area contributed by atoms with Gasteiger partial charge in [-0.15, -0.1) is 23.7 Å². The number of thiophene rings is 1. The van der Waals surface area contributed by atoms with Crippen LogP contribution >= 0.6 is 23.7 Å². The van der Waals surface area contributed by atoms with E-state index in [2.05, 4.69) is 22.4 Å². The van der Waals surface area contributed by atoms with E-state index < -0.39 is 0 Å². The Balaban J connectivity index is 0.00000162. The molecule has 2 rings (SSSR count). The lowest BCUT2D eigenvalue weighted by Crippen LogP contribution is -2.33. The maximum atomic E-state index is 11.2. The van der Waals surface area contributed by atoms with E-state index in [0.29, 0.717) is 12.3 Å². The molecule has 0 aliphatic carbocycles. The first kappa shape index (κ1) is 15.5. The number of nitrogens with zero attached hydrogens (tertiary/aromatic N) is 1. The van der Waals surface area contributed by atoms with Crippen LogP contribution < -0.4 is 0 Å². The molecule has 0 radical (unpaired) electrons. The second kappa shape index (κ2) is 7.77. The van der Waals surface area contributed by atoms with Crippen molar-refractivity contribution in [3.63, 3.8) is 0 Å². The molecule has 18 heavy (non-hydrogen) atoms. The molecular formula is C13H20ClNO2S. The summed E-state index contributed by atoms with van der Waals surface area (Å²) in [6, 6.07) is 4.29.